The van der Waals surface area contributed by atoms with Crippen molar-refractivity contribution < 1.29 is 8.78 Å². The van der Waals surface area contributed by atoms with E-state index in [-0.39, 0.29) is 17.1 Å². The van der Waals surface area contributed by atoms with Gasteiger partial charge in [0.2, 0.25) is 0 Å². The molecule has 0 aliphatic carbocycles. The summed E-state index contributed by atoms with van der Waals surface area (Å²) in [5.74, 6) is -0.480. The molecule has 150 valence electrons. The molecule has 2 heterocycles. The third-order valence-electron chi connectivity index (χ3n) is 4.42. The van der Waals surface area contributed by atoms with Crippen LogP contribution >= 0.6 is 11.6 Å². The maximum atomic E-state index is 13.9. The molecule has 0 spiro atoms. The Morgan fingerprint density at radius 2 is 1.90 bits per heavy atom. The van der Waals surface area contributed by atoms with E-state index in [0.717, 1.165) is 6.07 Å². The molecule has 0 fully saturated rings. The molecule has 0 aliphatic rings. The first-order chi connectivity index (χ1) is 14.5. The number of nitrogens with one attached hydrogen (secondary N) is 1. The molecule has 0 unspecified atom stereocenters. The number of nitriles is 1. The van der Waals surface area contributed by atoms with Gasteiger partial charge >= 0.3 is 0 Å². The largest absolute Gasteiger partial charge is 0.382 e. The zero-order chi connectivity index (χ0) is 21.3. The molecular formula is C20H14ClF2N7. The third-order valence-corrected chi connectivity index (χ3v) is 4.66. The topological polar surface area (TPSA) is 105 Å². The molecule has 0 saturated heterocycles. The van der Waals surface area contributed by atoms with E-state index in [1.54, 1.807) is 22.8 Å². The highest BCUT2D eigenvalue weighted by molar-refractivity contribution is 6.31. The summed E-state index contributed by atoms with van der Waals surface area (Å²) >= 11 is 6.12. The van der Waals surface area contributed by atoms with Crippen LogP contribution in [0.4, 0.5) is 20.4 Å². The van der Waals surface area contributed by atoms with E-state index in [2.05, 4.69) is 20.3 Å². The SMILES string of the molecule is N#Cc1c(N)ncnc1NCCc1nc2ccc(Cl)cc2n1-c1cc(F)cc(F)c1. The van der Waals surface area contributed by atoms with Crippen molar-refractivity contribution in [2.24, 2.45) is 0 Å². The van der Waals surface area contributed by atoms with Gasteiger partial charge in [0.05, 0.1) is 16.7 Å². The molecule has 4 aromatic rings. The number of anilines is 2. The molecule has 0 amide bonds. The van der Waals surface area contributed by atoms with Crippen LogP contribution < -0.4 is 11.1 Å². The fourth-order valence-corrected chi connectivity index (χ4v) is 3.33. The standard InChI is InChI=1S/C20H14ClF2N7/c21-11-1-2-16-17(5-11)30(14-7-12(22)6-13(23)8-14)18(29-16)3-4-26-20-15(9-24)19(25)27-10-28-20/h1-2,5-8,10H,3-4H2,(H3,25,26,27,28). The van der Waals surface area contributed by atoms with Crippen molar-refractivity contribution in [3.05, 3.63) is 70.8 Å². The van der Waals surface area contributed by atoms with Gasteiger partial charge in [0, 0.05) is 24.1 Å². The van der Waals surface area contributed by atoms with Crippen molar-refractivity contribution >= 4 is 34.3 Å². The molecule has 4 rings (SSSR count). The summed E-state index contributed by atoms with van der Waals surface area (Å²) in [5, 5.41) is 12.7. The zero-order valence-corrected chi connectivity index (χ0v) is 16.2. The normalized spacial score (nSPS) is 10.9. The molecule has 3 N–H and O–H groups in total. The second kappa shape index (κ2) is 7.93. The highest BCUT2D eigenvalue weighted by Crippen LogP contribution is 2.26. The van der Waals surface area contributed by atoms with Crippen LogP contribution in [-0.2, 0) is 6.42 Å². The van der Waals surface area contributed by atoms with Crippen LogP contribution in [0.15, 0.2) is 42.7 Å². The highest BCUT2D eigenvalue weighted by Gasteiger charge is 2.15. The van der Waals surface area contributed by atoms with Gasteiger partial charge in [0.15, 0.2) is 0 Å². The van der Waals surface area contributed by atoms with Crippen LogP contribution in [0.5, 0.6) is 0 Å². The van der Waals surface area contributed by atoms with Gasteiger partial charge in [-0.1, -0.05) is 11.6 Å². The number of hydrogen-bond donors (Lipinski definition) is 2. The Balaban J connectivity index is 1.71. The average molecular weight is 426 g/mol. The van der Waals surface area contributed by atoms with Crippen LogP contribution in [-0.4, -0.2) is 26.1 Å². The Hall–Kier alpha value is -3.77. The van der Waals surface area contributed by atoms with E-state index in [9.17, 15) is 14.0 Å². The number of fused-ring (bicyclic) bond motifs is 1. The van der Waals surface area contributed by atoms with Crippen molar-refractivity contribution in [1.29, 1.82) is 5.26 Å². The molecule has 0 radical (unpaired) electrons. The molecular weight excluding hydrogens is 412 g/mol. The average Bonchev–Trinajstić information content (AvgIpc) is 3.04. The van der Waals surface area contributed by atoms with E-state index < -0.39 is 11.6 Å². The molecule has 0 saturated carbocycles. The Bertz CT molecular complexity index is 1280. The van der Waals surface area contributed by atoms with Crippen molar-refractivity contribution in [2.45, 2.75) is 6.42 Å². The quantitative estimate of drug-likeness (QED) is 0.503. The number of benzene rings is 2. The van der Waals surface area contributed by atoms with Crippen molar-refractivity contribution in [3.8, 4) is 11.8 Å². The second-order valence-electron chi connectivity index (χ2n) is 6.40. The number of nitrogen functional groups attached to an aromatic ring is 1. The summed E-state index contributed by atoms with van der Waals surface area (Å²) in [4.78, 5) is 12.4. The van der Waals surface area contributed by atoms with E-state index >= 15 is 0 Å². The summed E-state index contributed by atoms with van der Waals surface area (Å²) < 4.78 is 29.4. The first-order valence-corrected chi connectivity index (χ1v) is 9.22. The van der Waals surface area contributed by atoms with Crippen LogP contribution in [0.25, 0.3) is 16.7 Å². The fraction of sp³-hybridized carbons (Fsp3) is 0.100. The van der Waals surface area contributed by atoms with Crippen LogP contribution in [0.1, 0.15) is 11.4 Å². The number of halogens is 3. The number of nitrogens with two attached hydrogens (primary N) is 1. The molecule has 10 heteroatoms. The second-order valence-corrected chi connectivity index (χ2v) is 6.83. The summed E-state index contributed by atoms with van der Waals surface area (Å²) in [6.45, 7) is 0.333. The smallest absolute Gasteiger partial charge is 0.149 e. The van der Waals surface area contributed by atoms with Crippen molar-refractivity contribution in [3.63, 3.8) is 0 Å². The first kappa shape index (κ1) is 19.5. The summed E-state index contributed by atoms with van der Waals surface area (Å²) in [6.07, 6.45) is 1.62. The minimum atomic E-state index is -0.701. The van der Waals surface area contributed by atoms with Gasteiger partial charge in [0.25, 0.3) is 0 Å². The minimum absolute atomic E-state index is 0.0760. The van der Waals surface area contributed by atoms with Gasteiger partial charge in [-0.15, -0.1) is 0 Å². The lowest BCUT2D eigenvalue weighted by Gasteiger charge is -2.11. The fourth-order valence-electron chi connectivity index (χ4n) is 3.16. The van der Waals surface area contributed by atoms with Gasteiger partial charge in [0.1, 0.15) is 47.1 Å². The van der Waals surface area contributed by atoms with Crippen molar-refractivity contribution in [1.82, 2.24) is 19.5 Å². The van der Waals surface area contributed by atoms with Gasteiger partial charge in [-0.3, -0.25) is 4.57 Å². The van der Waals surface area contributed by atoms with Crippen LogP contribution in [0.2, 0.25) is 5.02 Å². The summed E-state index contributed by atoms with van der Waals surface area (Å²) in [6, 6.07) is 10.3. The number of imidazole rings is 1. The van der Waals surface area contributed by atoms with E-state index in [1.807, 2.05) is 6.07 Å². The Morgan fingerprint density at radius 1 is 1.13 bits per heavy atom. The predicted molar refractivity (Wildman–Crippen MR) is 109 cm³/mol. The number of nitrogens with zero attached hydrogens (tertiary/aromatic N) is 5. The molecule has 0 atom stereocenters. The lowest BCUT2D eigenvalue weighted by molar-refractivity contribution is 0.581. The first-order valence-electron chi connectivity index (χ1n) is 8.84. The molecule has 2 aromatic carbocycles. The van der Waals surface area contributed by atoms with Crippen LogP contribution in [0.3, 0.4) is 0 Å². The molecule has 7 nitrogen and oxygen atoms in total. The minimum Gasteiger partial charge on any atom is -0.382 e. The van der Waals surface area contributed by atoms with Gasteiger partial charge in [-0.2, -0.15) is 5.26 Å². The Morgan fingerprint density at radius 3 is 2.63 bits per heavy atom. The monoisotopic (exact) mass is 425 g/mol. The highest BCUT2D eigenvalue weighted by atomic mass is 35.5. The molecule has 2 aromatic heterocycles. The number of aromatic nitrogens is 4. The van der Waals surface area contributed by atoms with E-state index in [4.69, 9.17) is 17.3 Å². The molecule has 0 bridgehead atoms. The van der Waals surface area contributed by atoms with Gasteiger partial charge in [-0.05, 0) is 30.3 Å². The number of hydrogen-bond acceptors (Lipinski definition) is 6. The lowest BCUT2D eigenvalue weighted by atomic mass is 10.2. The lowest BCUT2D eigenvalue weighted by Crippen LogP contribution is -2.12. The van der Waals surface area contributed by atoms with E-state index in [1.165, 1.54) is 18.5 Å². The molecule has 0 aliphatic heterocycles. The summed E-state index contributed by atoms with van der Waals surface area (Å²) in [5.41, 5.74) is 7.37. The maximum Gasteiger partial charge on any atom is 0.149 e. The predicted octanol–water partition coefficient (Wildman–Crippen LogP) is 3.86. The van der Waals surface area contributed by atoms with E-state index in [0.29, 0.717) is 40.7 Å². The number of rotatable bonds is 5. The third kappa shape index (κ3) is 3.73. The molecule has 30 heavy (non-hydrogen) atoms. The zero-order valence-electron chi connectivity index (χ0n) is 15.4. The maximum absolute atomic E-state index is 13.9. The van der Waals surface area contributed by atoms with Gasteiger partial charge in [-0.25, -0.2) is 23.7 Å². The summed E-state index contributed by atoms with van der Waals surface area (Å²) in [7, 11) is 0. The van der Waals surface area contributed by atoms with Gasteiger partial charge < -0.3 is 11.1 Å². The van der Waals surface area contributed by atoms with Crippen LogP contribution in [0, 0.1) is 23.0 Å². The van der Waals surface area contributed by atoms with Crippen molar-refractivity contribution in [2.75, 3.05) is 17.6 Å². The Labute approximate surface area is 174 Å². The Kier molecular flexibility index (Phi) is 5.16.